The number of aliphatic carboxylic acids is 1. The normalized spacial score (nSPS) is 10.9. The molecule has 0 aliphatic carbocycles. The lowest BCUT2D eigenvalue weighted by Gasteiger charge is -2.24. The van der Waals surface area contributed by atoms with E-state index in [1.807, 2.05) is 0 Å². The summed E-state index contributed by atoms with van der Waals surface area (Å²) in [5.74, 6) is -1.86. The van der Waals surface area contributed by atoms with Crippen LogP contribution < -0.4 is 0 Å². The van der Waals surface area contributed by atoms with Crippen LogP contribution in [0, 0.1) is 0 Å². The minimum absolute atomic E-state index is 0.176. The van der Waals surface area contributed by atoms with E-state index in [9.17, 15) is 14.4 Å². The molecule has 0 aromatic heterocycles. The fourth-order valence-electron chi connectivity index (χ4n) is 1.44. The SMILES string of the molecule is C=C(C)C(=O)O.C=C(C)C(=O)OC(O)CC.C=C(C)C(=O)OCCC[Si](OC)(OC)OC. The molecule has 2 N–H and O–H groups in total. The third-order valence-corrected chi connectivity index (χ3v) is 6.28. The van der Waals surface area contributed by atoms with Crippen molar-refractivity contribution in [2.75, 3.05) is 27.9 Å². The molecule has 1 atom stereocenters. The molecule has 0 radical (unpaired) electrons. The van der Waals surface area contributed by atoms with Gasteiger partial charge in [-0.05, 0) is 27.2 Å². The molecule has 32 heavy (non-hydrogen) atoms. The highest BCUT2D eigenvalue weighted by Gasteiger charge is 2.36. The topological polar surface area (TPSA) is 138 Å². The molecule has 0 rings (SSSR count). The van der Waals surface area contributed by atoms with E-state index in [2.05, 4.69) is 24.5 Å². The van der Waals surface area contributed by atoms with Gasteiger partial charge in [-0.15, -0.1) is 0 Å². The Morgan fingerprint density at radius 1 is 0.875 bits per heavy atom. The zero-order valence-corrected chi connectivity index (χ0v) is 21.2. The van der Waals surface area contributed by atoms with Gasteiger partial charge in [0, 0.05) is 50.5 Å². The smallest absolute Gasteiger partial charge is 0.478 e. The van der Waals surface area contributed by atoms with Crippen LogP contribution in [0.5, 0.6) is 0 Å². The van der Waals surface area contributed by atoms with Gasteiger partial charge in [-0.2, -0.15) is 0 Å². The molecule has 0 saturated carbocycles. The molecule has 10 nitrogen and oxygen atoms in total. The second kappa shape index (κ2) is 19.4. The molecule has 0 aromatic carbocycles. The largest absolute Gasteiger partial charge is 0.500 e. The first-order chi connectivity index (χ1) is 14.7. The fraction of sp³-hybridized carbons (Fsp3) is 0.571. The van der Waals surface area contributed by atoms with E-state index in [4.69, 9.17) is 28.2 Å². The maximum Gasteiger partial charge on any atom is 0.500 e. The third kappa shape index (κ3) is 18.5. The van der Waals surface area contributed by atoms with Crippen LogP contribution >= 0.6 is 0 Å². The quantitative estimate of drug-likeness (QED) is 0.141. The number of aliphatic hydroxyl groups excluding tert-OH is 1. The Hall–Kier alpha value is -2.31. The van der Waals surface area contributed by atoms with Gasteiger partial charge < -0.3 is 33.0 Å². The summed E-state index contributed by atoms with van der Waals surface area (Å²) < 4.78 is 25.1. The van der Waals surface area contributed by atoms with Crippen molar-refractivity contribution in [3.8, 4) is 0 Å². The second-order valence-corrected chi connectivity index (χ2v) is 9.54. The van der Waals surface area contributed by atoms with Crippen LogP contribution in [-0.4, -0.2) is 71.2 Å². The predicted molar refractivity (Wildman–Crippen MR) is 122 cm³/mol. The van der Waals surface area contributed by atoms with Crippen molar-refractivity contribution >= 4 is 26.7 Å². The van der Waals surface area contributed by atoms with Crippen molar-refractivity contribution in [2.45, 2.75) is 52.9 Å². The summed E-state index contributed by atoms with van der Waals surface area (Å²) >= 11 is 0. The third-order valence-electron chi connectivity index (χ3n) is 3.45. The van der Waals surface area contributed by atoms with E-state index in [-0.39, 0.29) is 11.5 Å². The Morgan fingerprint density at radius 3 is 1.56 bits per heavy atom. The molecular formula is C21H38O10Si. The molecule has 0 saturated heterocycles. The van der Waals surface area contributed by atoms with Gasteiger partial charge in [0.15, 0.2) is 0 Å². The number of carbonyl (C=O) groups is 3. The van der Waals surface area contributed by atoms with E-state index in [1.165, 1.54) is 13.8 Å². The summed E-state index contributed by atoms with van der Waals surface area (Å²) in [6.07, 6.45) is 0.0453. The first kappa shape index (κ1) is 34.3. The van der Waals surface area contributed by atoms with Gasteiger partial charge in [0.05, 0.1) is 6.61 Å². The molecule has 0 aromatic rings. The van der Waals surface area contributed by atoms with Gasteiger partial charge in [-0.25, -0.2) is 14.4 Å². The van der Waals surface area contributed by atoms with Crippen LogP contribution in [0.2, 0.25) is 6.04 Å². The number of carboxylic acids is 1. The number of ether oxygens (including phenoxy) is 2. The maximum absolute atomic E-state index is 11.1. The van der Waals surface area contributed by atoms with E-state index < -0.39 is 27.0 Å². The molecule has 0 bridgehead atoms. The number of carbonyl (C=O) groups excluding carboxylic acids is 2. The highest BCUT2D eigenvalue weighted by atomic mass is 28.4. The minimum atomic E-state index is -2.53. The van der Waals surface area contributed by atoms with E-state index in [0.717, 1.165) is 0 Å². The Labute approximate surface area is 191 Å². The van der Waals surface area contributed by atoms with Crippen LogP contribution in [0.25, 0.3) is 0 Å². The average molecular weight is 479 g/mol. The van der Waals surface area contributed by atoms with E-state index in [1.54, 1.807) is 35.2 Å². The molecule has 0 fully saturated rings. The summed E-state index contributed by atoms with van der Waals surface area (Å²) in [6, 6.07) is 0.611. The molecular weight excluding hydrogens is 440 g/mol. The predicted octanol–water partition coefficient (Wildman–Crippen LogP) is 2.86. The van der Waals surface area contributed by atoms with Gasteiger partial charge in [0.1, 0.15) is 0 Å². The van der Waals surface area contributed by atoms with Crippen LogP contribution in [0.4, 0.5) is 0 Å². The van der Waals surface area contributed by atoms with Crippen LogP contribution in [0.1, 0.15) is 40.5 Å². The molecule has 0 heterocycles. The fourth-order valence-corrected chi connectivity index (χ4v) is 3.13. The van der Waals surface area contributed by atoms with Gasteiger partial charge in [-0.1, -0.05) is 26.7 Å². The highest BCUT2D eigenvalue weighted by molar-refractivity contribution is 6.60. The second-order valence-electron chi connectivity index (χ2n) is 6.45. The molecule has 0 aliphatic rings. The first-order valence-electron chi connectivity index (χ1n) is 9.64. The molecule has 0 spiro atoms. The lowest BCUT2D eigenvalue weighted by Crippen LogP contribution is -2.42. The standard InChI is InChI=1S/C10H20O5Si.C7H12O3.C4H6O2/c1-9(2)10(11)15-7-6-8-16(12-3,13-4)14-5;1-4-6(8)10-7(9)5(2)3;1-3(2)4(5)6/h1,6-8H2,2-5H3;6,8H,2,4H2,1,3H3;1H2,2H3,(H,5,6). The van der Waals surface area contributed by atoms with Crippen molar-refractivity contribution in [3.63, 3.8) is 0 Å². The summed E-state index contributed by atoms with van der Waals surface area (Å²) in [6.45, 7) is 16.6. The first-order valence-corrected chi connectivity index (χ1v) is 11.6. The Balaban J connectivity index is -0.000000446. The zero-order valence-electron chi connectivity index (χ0n) is 20.2. The van der Waals surface area contributed by atoms with Crippen molar-refractivity contribution in [1.29, 1.82) is 0 Å². The zero-order chi connectivity index (χ0) is 25.9. The summed E-state index contributed by atoms with van der Waals surface area (Å²) in [4.78, 5) is 31.3. The summed E-state index contributed by atoms with van der Waals surface area (Å²) in [5.41, 5.74) is 0.872. The number of esters is 2. The number of hydrogen-bond acceptors (Lipinski definition) is 9. The van der Waals surface area contributed by atoms with Crippen molar-refractivity contribution in [1.82, 2.24) is 0 Å². The van der Waals surface area contributed by atoms with Gasteiger partial charge in [0.2, 0.25) is 6.29 Å². The van der Waals surface area contributed by atoms with Crippen LogP contribution in [0.15, 0.2) is 36.5 Å². The lowest BCUT2D eigenvalue weighted by atomic mass is 10.3. The minimum Gasteiger partial charge on any atom is -0.478 e. The molecule has 186 valence electrons. The van der Waals surface area contributed by atoms with E-state index in [0.29, 0.717) is 36.6 Å². The number of carboxylic acid groups (broad SMARTS) is 1. The van der Waals surface area contributed by atoms with Gasteiger partial charge in [-0.3, -0.25) is 0 Å². The average Bonchev–Trinajstić information content (AvgIpc) is 2.74. The van der Waals surface area contributed by atoms with Crippen LogP contribution in [-0.2, 0) is 37.1 Å². The van der Waals surface area contributed by atoms with Crippen molar-refractivity contribution in [2.24, 2.45) is 0 Å². The Bertz CT molecular complexity index is 606. The molecule has 0 aliphatic heterocycles. The Kier molecular flexibility index (Phi) is 20.8. The number of hydrogen-bond donors (Lipinski definition) is 2. The molecule has 0 amide bonds. The van der Waals surface area contributed by atoms with E-state index >= 15 is 0 Å². The highest BCUT2D eigenvalue weighted by Crippen LogP contribution is 2.14. The van der Waals surface area contributed by atoms with Gasteiger partial charge >= 0.3 is 26.7 Å². The monoisotopic (exact) mass is 478 g/mol. The Morgan fingerprint density at radius 2 is 1.28 bits per heavy atom. The lowest BCUT2D eigenvalue weighted by molar-refractivity contribution is -0.163. The maximum atomic E-state index is 11.1. The molecule has 1 unspecified atom stereocenters. The van der Waals surface area contributed by atoms with Gasteiger partial charge in [0.25, 0.3) is 0 Å². The summed E-state index contributed by atoms with van der Waals surface area (Å²) in [5, 5.41) is 16.7. The summed E-state index contributed by atoms with van der Waals surface area (Å²) in [7, 11) is 2.13. The van der Waals surface area contributed by atoms with Crippen molar-refractivity contribution < 1.29 is 47.3 Å². The number of aliphatic hydroxyl groups is 1. The molecule has 11 heteroatoms. The number of rotatable bonds is 12. The van der Waals surface area contributed by atoms with Crippen LogP contribution in [0.3, 0.4) is 0 Å². The van der Waals surface area contributed by atoms with Crippen molar-refractivity contribution in [3.05, 3.63) is 36.5 Å².